The number of carboxylic acids is 1. The second kappa shape index (κ2) is 9.95. The summed E-state index contributed by atoms with van der Waals surface area (Å²) in [6, 6.07) is 3.95. The number of ether oxygens (including phenoxy) is 2. The molecule has 172 valence electrons. The monoisotopic (exact) mass is 444 g/mol. The van der Waals surface area contributed by atoms with Crippen LogP contribution in [0.4, 0.5) is 13.2 Å². The maximum Gasteiger partial charge on any atom is 0.490 e. The molecule has 1 spiro atoms. The van der Waals surface area contributed by atoms with Gasteiger partial charge in [0.25, 0.3) is 0 Å². The lowest BCUT2D eigenvalue weighted by Gasteiger charge is -2.39. The van der Waals surface area contributed by atoms with E-state index >= 15 is 0 Å². The third-order valence-electron chi connectivity index (χ3n) is 5.71. The Morgan fingerprint density at radius 1 is 1.29 bits per heavy atom. The Hall–Kier alpha value is -2.20. The van der Waals surface area contributed by atoms with Crippen molar-refractivity contribution in [1.82, 2.24) is 9.88 Å². The fourth-order valence-corrected chi connectivity index (χ4v) is 3.90. The molecule has 1 aromatic heterocycles. The minimum Gasteiger partial charge on any atom is -0.475 e. The van der Waals surface area contributed by atoms with Gasteiger partial charge in [0.15, 0.2) is 0 Å². The number of aliphatic carboxylic acids is 1. The van der Waals surface area contributed by atoms with E-state index in [2.05, 4.69) is 4.98 Å². The van der Waals surface area contributed by atoms with Crippen molar-refractivity contribution in [3.63, 3.8) is 0 Å². The number of carboxylic acid groups (broad SMARTS) is 1. The first-order chi connectivity index (χ1) is 14.7. The molecule has 2 saturated heterocycles. The van der Waals surface area contributed by atoms with Crippen molar-refractivity contribution in [1.29, 1.82) is 0 Å². The van der Waals surface area contributed by atoms with Crippen LogP contribution in [-0.2, 0) is 25.7 Å². The molecular formula is C21H27F3N2O5. The van der Waals surface area contributed by atoms with Gasteiger partial charge in [-0.2, -0.15) is 13.2 Å². The van der Waals surface area contributed by atoms with Crippen molar-refractivity contribution in [2.45, 2.75) is 63.0 Å². The molecule has 0 aromatic carbocycles. The maximum atomic E-state index is 12.4. The molecule has 0 radical (unpaired) electrons. The molecule has 1 amide bonds. The average Bonchev–Trinajstić information content (AvgIpc) is 3.47. The molecule has 31 heavy (non-hydrogen) atoms. The van der Waals surface area contributed by atoms with Crippen LogP contribution in [0.2, 0.25) is 0 Å². The van der Waals surface area contributed by atoms with Crippen molar-refractivity contribution in [3.05, 3.63) is 30.1 Å². The van der Waals surface area contributed by atoms with Crippen molar-refractivity contribution >= 4 is 11.9 Å². The second-order valence-corrected chi connectivity index (χ2v) is 8.36. The highest BCUT2D eigenvalue weighted by Gasteiger charge is 2.45. The minimum atomic E-state index is -5.08. The predicted octanol–water partition coefficient (Wildman–Crippen LogP) is 3.18. The predicted molar refractivity (Wildman–Crippen MR) is 103 cm³/mol. The Morgan fingerprint density at radius 3 is 2.58 bits per heavy atom. The molecule has 3 heterocycles. The van der Waals surface area contributed by atoms with Crippen LogP contribution in [0.15, 0.2) is 24.5 Å². The Bertz CT molecular complexity index is 757. The first-order valence-corrected chi connectivity index (χ1v) is 10.4. The van der Waals surface area contributed by atoms with Gasteiger partial charge < -0.3 is 19.5 Å². The van der Waals surface area contributed by atoms with Crippen LogP contribution in [0.5, 0.6) is 0 Å². The summed E-state index contributed by atoms with van der Waals surface area (Å²) in [7, 11) is 0. The fraction of sp³-hybridized carbons (Fsp3) is 0.667. The normalized spacial score (nSPS) is 25.8. The topological polar surface area (TPSA) is 89.0 Å². The van der Waals surface area contributed by atoms with E-state index in [4.69, 9.17) is 19.4 Å². The molecule has 1 aliphatic carbocycles. The summed E-state index contributed by atoms with van der Waals surface area (Å²) in [4.78, 5) is 27.4. The second-order valence-electron chi connectivity index (χ2n) is 8.36. The van der Waals surface area contributed by atoms with Crippen LogP contribution in [0.3, 0.4) is 0 Å². The van der Waals surface area contributed by atoms with E-state index in [0.29, 0.717) is 25.0 Å². The van der Waals surface area contributed by atoms with Crippen LogP contribution in [0.25, 0.3) is 0 Å². The molecule has 7 nitrogen and oxygen atoms in total. The number of pyridine rings is 1. The number of carbonyl (C=O) groups excluding carboxylic acids is 1. The van der Waals surface area contributed by atoms with Crippen molar-refractivity contribution in [2.75, 3.05) is 19.7 Å². The minimum absolute atomic E-state index is 0.122. The Balaban J connectivity index is 0.000000339. The zero-order valence-electron chi connectivity index (χ0n) is 17.1. The average molecular weight is 444 g/mol. The molecule has 3 fully saturated rings. The van der Waals surface area contributed by atoms with Crippen molar-refractivity contribution in [3.8, 4) is 0 Å². The van der Waals surface area contributed by atoms with E-state index in [1.165, 1.54) is 12.8 Å². The zero-order chi connectivity index (χ0) is 22.5. The van der Waals surface area contributed by atoms with E-state index in [0.717, 1.165) is 44.3 Å². The van der Waals surface area contributed by atoms with Gasteiger partial charge in [-0.25, -0.2) is 4.79 Å². The lowest BCUT2D eigenvalue weighted by atomic mass is 9.89. The molecule has 0 unspecified atom stereocenters. The van der Waals surface area contributed by atoms with Gasteiger partial charge in [0.1, 0.15) is 0 Å². The Labute approximate surface area is 178 Å². The van der Waals surface area contributed by atoms with E-state index in [-0.39, 0.29) is 11.7 Å². The third kappa shape index (κ3) is 7.17. The van der Waals surface area contributed by atoms with Crippen molar-refractivity contribution in [2.24, 2.45) is 5.92 Å². The van der Waals surface area contributed by atoms with E-state index in [1.807, 2.05) is 17.0 Å². The van der Waals surface area contributed by atoms with Gasteiger partial charge in [0.2, 0.25) is 5.91 Å². The number of halogens is 3. The van der Waals surface area contributed by atoms with Gasteiger partial charge in [-0.3, -0.25) is 9.78 Å². The number of likely N-dealkylation sites (tertiary alicyclic amines) is 1. The third-order valence-corrected chi connectivity index (χ3v) is 5.71. The van der Waals surface area contributed by atoms with Gasteiger partial charge in [-0.1, -0.05) is 0 Å². The standard InChI is InChI=1S/C19H26N2O3.C2HF3O2/c22-18(10-15-2-3-15)21-9-1-6-19(14-21)11-17(13-24-19)23-12-16-4-7-20-8-5-16;3-2(4,5)1(6)7/h4-5,7-8,15,17H,1-3,6,9-14H2;(H,6,7)/t17-,19-;/m0./s1. The molecule has 10 heteroatoms. The van der Waals surface area contributed by atoms with Gasteiger partial charge in [0.05, 0.1) is 24.9 Å². The number of hydrogen-bond acceptors (Lipinski definition) is 5. The Morgan fingerprint density at radius 2 is 1.97 bits per heavy atom. The number of alkyl halides is 3. The molecule has 1 saturated carbocycles. The summed E-state index contributed by atoms with van der Waals surface area (Å²) in [6.45, 7) is 2.86. The number of rotatable bonds is 5. The van der Waals surface area contributed by atoms with Crippen LogP contribution in [-0.4, -0.2) is 64.4 Å². The molecule has 0 bridgehead atoms. The fourth-order valence-electron chi connectivity index (χ4n) is 3.90. The van der Waals surface area contributed by atoms with Crippen LogP contribution < -0.4 is 0 Å². The molecule has 2 aliphatic heterocycles. The number of nitrogens with zero attached hydrogens (tertiary/aromatic N) is 2. The van der Waals surface area contributed by atoms with Gasteiger partial charge in [0, 0.05) is 38.3 Å². The van der Waals surface area contributed by atoms with E-state index in [1.54, 1.807) is 12.4 Å². The Kier molecular flexibility index (Phi) is 7.53. The highest BCUT2D eigenvalue weighted by molar-refractivity contribution is 5.77. The summed E-state index contributed by atoms with van der Waals surface area (Å²) in [6.07, 6.45) is 4.77. The van der Waals surface area contributed by atoms with Crippen LogP contribution in [0.1, 0.15) is 44.1 Å². The first-order valence-electron chi connectivity index (χ1n) is 10.4. The summed E-state index contributed by atoms with van der Waals surface area (Å²) < 4.78 is 43.9. The zero-order valence-corrected chi connectivity index (χ0v) is 17.1. The molecule has 1 N–H and O–H groups in total. The molecule has 1 aromatic rings. The number of piperidine rings is 1. The molecule has 3 aliphatic rings. The lowest BCUT2D eigenvalue weighted by Crippen LogP contribution is -2.50. The van der Waals surface area contributed by atoms with E-state index in [9.17, 15) is 18.0 Å². The first kappa shape index (κ1) is 23.5. The summed E-state index contributed by atoms with van der Waals surface area (Å²) in [5.74, 6) is -1.79. The number of aromatic nitrogens is 1. The van der Waals surface area contributed by atoms with Crippen molar-refractivity contribution < 1.29 is 37.3 Å². The number of hydrogen-bond donors (Lipinski definition) is 1. The summed E-state index contributed by atoms with van der Waals surface area (Å²) in [5.41, 5.74) is 0.955. The van der Waals surface area contributed by atoms with Gasteiger partial charge >= 0.3 is 12.1 Å². The highest BCUT2D eigenvalue weighted by Crippen LogP contribution is 2.38. The van der Waals surface area contributed by atoms with Gasteiger partial charge in [-0.05, 0) is 49.3 Å². The number of amides is 1. The van der Waals surface area contributed by atoms with Crippen LogP contribution >= 0.6 is 0 Å². The lowest BCUT2D eigenvalue weighted by molar-refractivity contribution is -0.192. The molecule has 4 rings (SSSR count). The van der Waals surface area contributed by atoms with Crippen LogP contribution in [0, 0.1) is 5.92 Å². The summed E-state index contributed by atoms with van der Waals surface area (Å²) in [5, 5.41) is 7.12. The molecule has 2 atom stereocenters. The smallest absolute Gasteiger partial charge is 0.475 e. The quantitative estimate of drug-likeness (QED) is 0.751. The SMILES string of the molecule is O=C(CC1CC1)N1CCC[C@]2(C[C@H](OCc3ccncc3)CO2)C1.O=C(O)C(F)(F)F. The summed E-state index contributed by atoms with van der Waals surface area (Å²) >= 11 is 0. The van der Waals surface area contributed by atoms with Gasteiger partial charge in [-0.15, -0.1) is 0 Å². The number of carbonyl (C=O) groups is 2. The van der Waals surface area contributed by atoms with E-state index < -0.39 is 12.1 Å². The largest absolute Gasteiger partial charge is 0.490 e. The highest BCUT2D eigenvalue weighted by atomic mass is 19.4. The molecular weight excluding hydrogens is 417 g/mol. The maximum absolute atomic E-state index is 12.4.